The Kier molecular flexibility index (Phi) is 3.19. The summed E-state index contributed by atoms with van der Waals surface area (Å²) in [5, 5.41) is 0. The lowest BCUT2D eigenvalue weighted by Gasteiger charge is -2.07. The highest BCUT2D eigenvalue weighted by Crippen LogP contribution is 2.29. The number of nitrogens with zero attached hydrogens (tertiary/aromatic N) is 1. The molecule has 1 aromatic heterocycles. The van der Waals surface area contributed by atoms with E-state index in [1.165, 1.54) is 13.2 Å². The summed E-state index contributed by atoms with van der Waals surface area (Å²) in [6.07, 6.45) is -2.55. The second kappa shape index (κ2) is 4.00. The number of hydrogen-bond acceptors (Lipinski definition) is 2. The third-order valence-corrected chi connectivity index (χ3v) is 2.17. The van der Waals surface area contributed by atoms with Crippen molar-refractivity contribution in [3.05, 3.63) is 21.9 Å². The van der Waals surface area contributed by atoms with Crippen molar-refractivity contribution in [1.82, 2.24) is 4.98 Å². The van der Waals surface area contributed by atoms with E-state index in [2.05, 4.69) is 20.9 Å². The van der Waals surface area contributed by atoms with Gasteiger partial charge in [-0.1, -0.05) is 0 Å². The Bertz CT molecular complexity index is 317. The molecule has 0 aliphatic rings. The van der Waals surface area contributed by atoms with Gasteiger partial charge in [0.2, 0.25) is 0 Å². The highest BCUT2D eigenvalue weighted by molar-refractivity contribution is 9.10. The van der Waals surface area contributed by atoms with Gasteiger partial charge < -0.3 is 4.74 Å². The van der Waals surface area contributed by atoms with Crippen LogP contribution in [0.3, 0.4) is 0 Å². The Balaban J connectivity index is 3.20. The van der Waals surface area contributed by atoms with Crippen LogP contribution in [0.4, 0.5) is 8.78 Å². The monoisotopic (exact) mass is 251 g/mol. The Morgan fingerprint density at radius 1 is 1.54 bits per heavy atom. The van der Waals surface area contributed by atoms with Gasteiger partial charge in [0, 0.05) is 0 Å². The van der Waals surface area contributed by atoms with E-state index in [4.69, 9.17) is 4.74 Å². The van der Waals surface area contributed by atoms with Crippen LogP contribution >= 0.6 is 15.9 Å². The van der Waals surface area contributed by atoms with Gasteiger partial charge in [-0.15, -0.1) is 0 Å². The van der Waals surface area contributed by atoms with Crippen molar-refractivity contribution in [2.45, 2.75) is 13.3 Å². The lowest BCUT2D eigenvalue weighted by Crippen LogP contribution is -1.97. The number of hydrogen-bond donors (Lipinski definition) is 0. The van der Waals surface area contributed by atoms with Gasteiger partial charge in [-0.25, -0.2) is 13.8 Å². The number of aryl methyl sites for hydroxylation is 1. The molecule has 1 heterocycles. The Morgan fingerprint density at radius 2 is 2.15 bits per heavy atom. The fourth-order valence-corrected chi connectivity index (χ4v) is 1.41. The van der Waals surface area contributed by atoms with Crippen LogP contribution in [-0.4, -0.2) is 12.1 Å². The predicted molar refractivity (Wildman–Crippen MR) is 48.2 cm³/mol. The lowest BCUT2D eigenvalue weighted by molar-refractivity contribution is 0.145. The van der Waals surface area contributed by atoms with E-state index >= 15 is 0 Å². The second-order valence-corrected chi connectivity index (χ2v) is 3.24. The standard InChI is InChI=1S/C8H8BrF2NO/c1-4-3-5(13-2)7(9)12-6(4)8(10)11/h3,8H,1-2H3. The van der Waals surface area contributed by atoms with Gasteiger partial charge in [0.25, 0.3) is 6.43 Å². The molecular weight excluding hydrogens is 244 g/mol. The Labute approximate surface area is 83.1 Å². The number of ether oxygens (including phenoxy) is 1. The average molecular weight is 252 g/mol. The van der Waals surface area contributed by atoms with Gasteiger partial charge >= 0.3 is 0 Å². The van der Waals surface area contributed by atoms with E-state index in [0.29, 0.717) is 15.9 Å². The van der Waals surface area contributed by atoms with Crippen LogP contribution in [0.15, 0.2) is 10.7 Å². The third kappa shape index (κ3) is 2.15. The number of aromatic nitrogens is 1. The molecular formula is C8H8BrF2NO. The summed E-state index contributed by atoms with van der Waals surface area (Å²) >= 11 is 3.04. The highest BCUT2D eigenvalue weighted by atomic mass is 79.9. The maximum Gasteiger partial charge on any atom is 0.280 e. The molecule has 0 saturated heterocycles. The minimum Gasteiger partial charge on any atom is -0.494 e. The first kappa shape index (κ1) is 10.4. The molecule has 0 unspecified atom stereocenters. The van der Waals surface area contributed by atoms with Gasteiger partial charge in [0.1, 0.15) is 10.3 Å². The fourth-order valence-electron chi connectivity index (χ4n) is 0.943. The van der Waals surface area contributed by atoms with Crippen molar-refractivity contribution in [3.63, 3.8) is 0 Å². The zero-order valence-electron chi connectivity index (χ0n) is 7.14. The highest BCUT2D eigenvalue weighted by Gasteiger charge is 2.15. The minimum atomic E-state index is -2.55. The van der Waals surface area contributed by atoms with Gasteiger partial charge in [-0.2, -0.15) is 0 Å². The first-order valence-electron chi connectivity index (χ1n) is 3.55. The maximum atomic E-state index is 12.3. The summed E-state index contributed by atoms with van der Waals surface area (Å²) in [7, 11) is 1.46. The van der Waals surface area contributed by atoms with E-state index in [1.54, 1.807) is 6.92 Å². The topological polar surface area (TPSA) is 22.1 Å². The molecule has 0 saturated carbocycles. The minimum absolute atomic E-state index is 0.215. The predicted octanol–water partition coefficient (Wildman–Crippen LogP) is 3.10. The van der Waals surface area contributed by atoms with E-state index in [0.717, 1.165) is 0 Å². The number of rotatable bonds is 2. The summed E-state index contributed by atoms with van der Waals surface area (Å²) < 4.78 is 29.8. The molecule has 0 radical (unpaired) electrons. The van der Waals surface area contributed by atoms with E-state index in [1.807, 2.05) is 0 Å². The summed E-state index contributed by atoms with van der Waals surface area (Å²) in [6, 6.07) is 1.53. The van der Waals surface area contributed by atoms with Crippen molar-refractivity contribution < 1.29 is 13.5 Å². The smallest absolute Gasteiger partial charge is 0.280 e. The molecule has 5 heteroatoms. The average Bonchev–Trinajstić information content (AvgIpc) is 2.07. The molecule has 0 spiro atoms. The van der Waals surface area contributed by atoms with Crippen molar-refractivity contribution >= 4 is 15.9 Å². The first-order valence-corrected chi connectivity index (χ1v) is 4.34. The van der Waals surface area contributed by atoms with Gasteiger partial charge in [-0.3, -0.25) is 0 Å². The zero-order valence-corrected chi connectivity index (χ0v) is 8.73. The van der Waals surface area contributed by atoms with Gasteiger partial charge in [0.05, 0.1) is 7.11 Å². The summed E-state index contributed by atoms with van der Waals surface area (Å²) in [5.41, 5.74) is 0.211. The van der Waals surface area contributed by atoms with Gasteiger partial charge in [0.15, 0.2) is 5.75 Å². The molecule has 0 aliphatic heterocycles. The van der Waals surface area contributed by atoms with Crippen LogP contribution in [0, 0.1) is 6.92 Å². The first-order chi connectivity index (χ1) is 6.06. The molecule has 0 aromatic carbocycles. The molecule has 2 nitrogen and oxygen atoms in total. The molecule has 0 bridgehead atoms. The molecule has 13 heavy (non-hydrogen) atoms. The zero-order chi connectivity index (χ0) is 10.0. The maximum absolute atomic E-state index is 12.3. The van der Waals surface area contributed by atoms with Crippen molar-refractivity contribution in [2.75, 3.05) is 7.11 Å². The summed E-state index contributed by atoms with van der Waals surface area (Å²) in [5.74, 6) is 0.460. The Hall–Kier alpha value is -0.710. The number of halogens is 3. The quantitative estimate of drug-likeness (QED) is 0.754. The third-order valence-electron chi connectivity index (χ3n) is 1.60. The van der Waals surface area contributed by atoms with Crippen molar-refractivity contribution in [1.29, 1.82) is 0 Å². The number of pyridine rings is 1. The molecule has 72 valence electrons. The largest absolute Gasteiger partial charge is 0.494 e. The van der Waals surface area contributed by atoms with Crippen molar-refractivity contribution in [3.8, 4) is 5.75 Å². The summed E-state index contributed by atoms with van der Waals surface area (Å²) in [6.45, 7) is 1.57. The van der Waals surface area contributed by atoms with Crippen LogP contribution in [0.2, 0.25) is 0 Å². The molecule has 1 aromatic rings. The van der Waals surface area contributed by atoms with E-state index in [9.17, 15) is 8.78 Å². The molecule has 0 atom stereocenters. The molecule has 1 rings (SSSR count). The molecule has 0 fully saturated rings. The summed E-state index contributed by atoms with van der Waals surface area (Å²) in [4.78, 5) is 3.68. The number of alkyl halides is 2. The van der Waals surface area contributed by atoms with Crippen LogP contribution < -0.4 is 4.74 Å². The van der Waals surface area contributed by atoms with E-state index < -0.39 is 6.43 Å². The van der Waals surface area contributed by atoms with Gasteiger partial charge in [-0.05, 0) is 34.5 Å². The molecule has 0 aliphatic carbocycles. The SMILES string of the molecule is COc1cc(C)c(C(F)F)nc1Br. The normalized spacial score (nSPS) is 10.6. The van der Waals surface area contributed by atoms with Crippen LogP contribution in [-0.2, 0) is 0 Å². The van der Waals surface area contributed by atoms with Crippen LogP contribution in [0.25, 0.3) is 0 Å². The van der Waals surface area contributed by atoms with E-state index in [-0.39, 0.29) is 5.69 Å². The van der Waals surface area contributed by atoms with Crippen LogP contribution in [0.1, 0.15) is 17.7 Å². The Morgan fingerprint density at radius 3 is 2.62 bits per heavy atom. The van der Waals surface area contributed by atoms with Crippen molar-refractivity contribution in [2.24, 2.45) is 0 Å². The fraction of sp³-hybridized carbons (Fsp3) is 0.375. The molecule has 0 amide bonds. The number of methoxy groups -OCH3 is 1. The van der Waals surface area contributed by atoms with Crippen LogP contribution in [0.5, 0.6) is 5.75 Å². The lowest BCUT2D eigenvalue weighted by atomic mass is 10.2. The second-order valence-electron chi connectivity index (χ2n) is 2.48. The molecule has 0 N–H and O–H groups in total.